The van der Waals surface area contributed by atoms with Crippen LogP contribution in [-0.2, 0) is 11.2 Å². The van der Waals surface area contributed by atoms with Crippen molar-refractivity contribution in [2.75, 3.05) is 11.9 Å². The molecule has 0 aliphatic carbocycles. The van der Waals surface area contributed by atoms with Crippen molar-refractivity contribution in [3.8, 4) is 0 Å². The third kappa shape index (κ3) is 5.00. The number of nitrogens with one attached hydrogen (secondary N) is 1. The zero-order valence-corrected chi connectivity index (χ0v) is 19.4. The van der Waals surface area contributed by atoms with Crippen LogP contribution in [0.1, 0.15) is 42.3 Å². The third-order valence-electron chi connectivity index (χ3n) is 4.37. The lowest BCUT2D eigenvalue weighted by molar-refractivity contribution is 0.00706. The Hall–Kier alpha value is -2.42. The van der Waals surface area contributed by atoms with Gasteiger partial charge in [-0.15, -0.1) is 0 Å². The number of hydrogen-bond acceptors (Lipinski definition) is 5. The standard InChI is InChI=1S/C23H23FINO4/c1-13-11-14(20-16(12-13)19(27)18(24)21(25)29-20)9-10-26-17-8-6-5-7-15(17)22(28)30-23(2,3)4/h5-8,11-12,26H,9-10H2,1-4H3. The Morgan fingerprint density at radius 2 is 1.93 bits per heavy atom. The number of ether oxygens (including phenoxy) is 1. The van der Waals surface area contributed by atoms with Crippen LogP contribution in [0.3, 0.4) is 0 Å². The molecule has 1 heterocycles. The molecular weight excluding hydrogens is 500 g/mol. The Morgan fingerprint density at radius 3 is 2.63 bits per heavy atom. The van der Waals surface area contributed by atoms with E-state index in [-0.39, 0.29) is 9.15 Å². The van der Waals surface area contributed by atoms with Crippen molar-refractivity contribution in [2.24, 2.45) is 0 Å². The molecule has 0 radical (unpaired) electrons. The Bertz CT molecular complexity index is 1160. The normalized spacial score (nSPS) is 11.5. The molecule has 0 bridgehead atoms. The molecule has 0 unspecified atom stereocenters. The molecule has 2 aromatic carbocycles. The maximum Gasteiger partial charge on any atom is 0.340 e. The van der Waals surface area contributed by atoms with Gasteiger partial charge in [-0.3, -0.25) is 4.79 Å². The lowest BCUT2D eigenvalue weighted by Crippen LogP contribution is -2.24. The van der Waals surface area contributed by atoms with Crippen molar-refractivity contribution < 1.29 is 18.3 Å². The monoisotopic (exact) mass is 523 g/mol. The van der Waals surface area contributed by atoms with E-state index in [0.717, 1.165) is 11.1 Å². The summed E-state index contributed by atoms with van der Waals surface area (Å²) in [6.07, 6.45) is 0.519. The summed E-state index contributed by atoms with van der Waals surface area (Å²) in [5.74, 6) is -1.27. The summed E-state index contributed by atoms with van der Waals surface area (Å²) in [6, 6.07) is 10.7. The smallest absolute Gasteiger partial charge is 0.340 e. The van der Waals surface area contributed by atoms with Crippen molar-refractivity contribution >= 4 is 45.2 Å². The van der Waals surface area contributed by atoms with E-state index in [4.69, 9.17) is 9.15 Å². The van der Waals surface area contributed by atoms with Crippen LogP contribution in [-0.4, -0.2) is 18.1 Å². The van der Waals surface area contributed by atoms with E-state index in [2.05, 4.69) is 5.32 Å². The predicted octanol–water partition coefficient (Wildman–Crippen LogP) is 5.46. The molecule has 0 amide bonds. The lowest BCUT2D eigenvalue weighted by Gasteiger charge is -2.20. The summed E-state index contributed by atoms with van der Waals surface area (Å²) in [7, 11) is 0. The number of aryl methyl sites for hydroxylation is 1. The molecule has 0 atom stereocenters. The molecule has 1 N–H and O–H groups in total. The van der Waals surface area contributed by atoms with E-state index in [1.165, 1.54) is 0 Å². The van der Waals surface area contributed by atoms with E-state index < -0.39 is 22.8 Å². The Morgan fingerprint density at radius 1 is 1.23 bits per heavy atom. The van der Waals surface area contributed by atoms with Gasteiger partial charge in [0.15, 0.2) is 0 Å². The SMILES string of the molecule is Cc1cc(CCNc2ccccc2C(=O)OC(C)(C)C)c2oc(I)c(F)c(=O)c2c1. The first-order valence-corrected chi connectivity index (χ1v) is 10.6. The minimum Gasteiger partial charge on any atom is -0.456 e. The highest BCUT2D eigenvalue weighted by atomic mass is 127. The number of esters is 1. The quantitative estimate of drug-likeness (QED) is 0.356. The fraction of sp³-hybridized carbons (Fsp3) is 0.304. The number of anilines is 1. The van der Waals surface area contributed by atoms with E-state index >= 15 is 0 Å². The highest BCUT2D eigenvalue weighted by Gasteiger charge is 2.20. The van der Waals surface area contributed by atoms with E-state index in [0.29, 0.717) is 29.8 Å². The molecular formula is C23H23FINO4. The van der Waals surface area contributed by atoms with Crippen LogP contribution in [0.25, 0.3) is 11.0 Å². The number of benzene rings is 2. The zero-order valence-electron chi connectivity index (χ0n) is 17.3. The van der Waals surface area contributed by atoms with Crippen molar-refractivity contribution in [3.63, 3.8) is 0 Å². The summed E-state index contributed by atoms with van der Waals surface area (Å²) >= 11 is 1.68. The summed E-state index contributed by atoms with van der Waals surface area (Å²) in [5.41, 5.74) is 1.89. The number of carbonyl (C=O) groups excluding carboxylic acids is 1. The highest BCUT2D eigenvalue weighted by Crippen LogP contribution is 2.24. The van der Waals surface area contributed by atoms with E-state index in [1.54, 1.807) is 40.8 Å². The van der Waals surface area contributed by atoms with Gasteiger partial charge in [0.2, 0.25) is 15.0 Å². The minimum atomic E-state index is -0.871. The second kappa shape index (κ2) is 8.75. The molecule has 7 heteroatoms. The molecule has 0 saturated carbocycles. The average Bonchev–Trinajstić information content (AvgIpc) is 2.66. The predicted molar refractivity (Wildman–Crippen MR) is 124 cm³/mol. The van der Waals surface area contributed by atoms with Crippen LogP contribution >= 0.6 is 22.6 Å². The van der Waals surface area contributed by atoms with Crippen LogP contribution in [0, 0.1) is 16.5 Å². The van der Waals surface area contributed by atoms with Gasteiger partial charge in [0.1, 0.15) is 11.2 Å². The molecule has 0 aliphatic rings. The van der Waals surface area contributed by atoms with Gasteiger partial charge in [-0.05, 0) is 63.4 Å². The van der Waals surface area contributed by atoms with Crippen LogP contribution in [0.2, 0.25) is 0 Å². The maximum absolute atomic E-state index is 14.0. The molecule has 5 nitrogen and oxygen atoms in total. The van der Waals surface area contributed by atoms with Gasteiger partial charge < -0.3 is 14.5 Å². The van der Waals surface area contributed by atoms with Gasteiger partial charge >= 0.3 is 5.97 Å². The average molecular weight is 523 g/mol. The molecule has 3 aromatic rings. The molecule has 0 fully saturated rings. The number of hydrogen-bond donors (Lipinski definition) is 1. The van der Waals surface area contributed by atoms with Gasteiger partial charge in [0.25, 0.3) is 0 Å². The first kappa shape index (κ1) is 22.3. The second-order valence-electron chi connectivity index (χ2n) is 8.04. The van der Waals surface area contributed by atoms with Gasteiger partial charge in [-0.25, -0.2) is 4.79 Å². The molecule has 158 valence electrons. The summed E-state index contributed by atoms with van der Waals surface area (Å²) in [5, 5.41) is 3.49. The van der Waals surface area contributed by atoms with Crippen LogP contribution in [0.4, 0.5) is 10.1 Å². The number of fused-ring (bicyclic) bond motifs is 1. The van der Waals surface area contributed by atoms with Crippen molar-refractivity contribution in [1.82, 2.24) is 0 Å². The first-order valence-electron chi connectivity index (χ1n) is 9.54. The fourth-order valence-corrected chi connectivity index (χ4v) is 3.61. The first-order chi connectivity index (χ1) is 14.1. The highest BCUT2D eigenvalue weighted by molar-refractivity contribution is 14.1. The maximum atomic E-state index is 14.0. The lowest BCUT2D eigenvalue weighted by atomic mass is 10.0. The van der Waals surface area contributed by atoms with E-state index in [9.17, 15) is 14.0 Å². The molecule has 1 aromatic heterocycles. The Balaban J connectivity index is 1.84. The van der Waals surface area contributed by atoms with Gasteiger partial charge in [-0.2, -0.15) is 4.39 Å². The van der Waals surface area contributed by atoms with Gasteiger partial charge in [-0.1, -0.05) is 18.2 Å². The number of carbonyl (C=O) groups is 1. The van der Waals surface area contributed by atoms with Crippen molar-refractivity contribution in [2.45, 2.75) is 39.7 Å². The summed E-state index contributed by atoms with van der Waals surface area (Å²) in [6.45, 7) is 7.80. The van der Waals surface area contributed by atoms with Crippen LogP contribution < -0.4 is 10.7 Å². The summed E-state index contributed by atoms with van der Waals surface area (Å²) < 4.78 is 25.0. The van der Waals surface area contributed by atoms with Crippen molar-refractivity contribution in [3.05, 3.63) is 72.9 Å². The Labute approximate surface area is 187 Å². The molecule has 0 aliphatic heterocycles. The number of para-hydroxylation sites is 1. The molecule has 30 heavy (non-hydrogen) atoms. The zero-order chi connectivity index (χ0) is 22.1. The molecule has 3 rings (SSSR count). The Kier molecular flexibility index (Phi) is 6.50. The minimum absolute atomic E-state index is 0.0570. The third-order valence-corrected chi connectivity index (χ3v) is 5.07. The molecule has 0 spiro atoms. The van der Waals surface area contributed by atoms with Gasteiger partial charge in [0.05, 0.1) is 10.9 Å². The van der Waals surface area contributed by atoms with Crippen LogP contribution in [0.5, 0.6) is 0 Å². The van der Waals surface area contributed by atoms with Crippen molar-refractivity contribution in [1.29, 1.82) is 0 Å². The van der Waals surface area contributed by atoms with E-state index in [1.807, 2.05) is 45.9 Å². The number of rotatable bonds is 5. The summed E-state index contributed by atoms with van der Waals surface area (Å²) in [4.78, 5) is 24.8. The fourth-order valence-electron chi connectivity index (χ4n) is 3.15. The number of halogens is 2. The largest absolute Gasteiger partial charge is 0.456 e. The topological polar surface area (TPSA) is 68.5 Å². The second-order valence-corrected chi connectivity index (χ2v) is 9.02. The van der Waals surface area contributed by atoms with Crippen LogP contribution in [0.15, 0.2) is 45.6 Å². The van der Waals surface area contributed by atoms with Gasteiger partial charge in [0, 0.05) is 34.8 Å². The molecule has 0 saturated heterocycles.